The topological polar surface area (TPSA) is 56.0 Å². The van der Waals surface area contributed by atoms with Gasteiger partial charge in [0.2, 0.25) is 0 Å². The minimum atomic E-state index is -0.441. The second-order valence-corrected chi connectivity index (χ2v) is 3.58. The number of nitrogens with zero attached hydrogens (tertiary/aromatic N) is 2. The van der Waals surface area contributed by atoms with Crippen molar-refractivity contribution in [2.45, 2.75) is 5.03 Å². The van der Waals surface area contributed by atoms with E-state index in [1.807, 2.05) is 0 Å². The van der Waals surface area contributed by atoms with Gasteiger partial charge in [-0.2, -0.15) is 0 Å². The van der Waals surface area contributed by atoms with Crippen molar-refractivity contribution in [3.05, 3.63) is 28.4 Å². The summed E-state index contributed by atoms with van der Waals surface area (Å²) in [6, 6.07) is 2.98. The summed E-state index contributed by atoms with van der Waals surface area (Å²) >= 11 is 6.76. The molecule has 0 saturated heterocycles. The number of thioether (sulfide) groups is 1. The maximum absolute atomic E-state index is 10.5. The van der Waals surface area contributed by atoms with Gasteiger partial charge in [0, 0.05) is 23.9 Å². The highest BCUT2D eigenvalue weighted by molar-refractivity contribution is 7.99. The van der Waals surface area contributed by atoms with Gasteiger partial charge in [0.15, 0.2) is 5.03 Å². The molecule has 6 heteroatoms. The molecule has 1 heterocycles. The first-order valence-electron chi connectivity index (χ1n) is 3.54. The van der Waals surface area contributed by atoms with Crippen molar-refractivity contribution < 1.29 is 4.92 Å². The summed E-state index contributed by atoms with van der Waals surface area (Å²) in [5, 5.41) is 10.9. The average Bonchev–Trinajstić information content (AvgIpc) is 2.15. The molecule has 0 saturated carbocycles. The molecule has 70 valence electrons. The molecular formula is C7H7ClN2O2S. The highest BCUT2D eigenvalue weighted by atomic mass is 35.5. The number of nitro groups is 1. The van der Waals surface area contributed by atoms with Crippen LogP contribution in [-0.4, -0.2) is 21.5 Å². The number of aromatic nitrogens is 1. The predicted molar refractivity (Wildman–Crippen MR) is 52.3 cm³/mol. The molecule has 4 nitrogen and oxygen atoms in total. The molecule has 0 aliphatic carbocycles. The van der Waals surface area contributed by atoms with E-state index in [1.165, 1.54) is 24.0 Å². The zero-order valence-corrected chi connectivity index (χ0v) is 8.22. The molecule has 0 unspecified atom stereocenters. The first-order chi connectivity index (χ1) is 6.25. The van der Waals surface area contributed by atoms with E-state index in [4.69, 9.17) is 11.6 Å². The van der Waals surface area contributed by atoms with Crippen LogP contribution >= 0.6 is 23.4 Å². The summed E-state index contributed by atoms with van der Waals surface area (Å²) in [5.41, 5.74) is 0.0395. The third-order valence-electron chi connectivity index (χ3n) is 1.26. The molecule has 1 aromatic rings. The van der Waals surface area contributed by atoms with Gasteiger partial charge >= 0.3 is 5.69 Å². The van der Waals surface area contributed by atoms with Gasteiger partial charge in [-0.15, -0.1) is 11.6 Å². The summed E-state index contributed by atoms with van der Waals surface area (Å²) in [5.74, 6) is 1.08. The van der Waals surface area contributed by atoms with Crippen LogP contribution in [0, 0.1) is 10.1 Å². The van der Waals surface area contributed by atoms with Gasteiger partial charge in [-0.3, -0.25) is 10.1 Å². The van der Waals surface area contributed by atoms with Gasteiger partial charge < -0.3 is 0 Å². The van der Waals surface area contributed by atoms with Crippen molar-refractivity contribution in [3.63, 3.8) is 0 Å². The molecule has 0 spiro atoms. The van der Waals surface area contributed by atoms with Gasteiger partial charge in [0.05, 0.1) is 4.92 Å². The summed E-state index contributed by atoms with van der Waals surface area (Å²) in [6.07, 6.45) is 1.53. The Labute approximate surface area is 84.5 Å². The first kappa shape index (κ1) is 10.3. The van der Waals surface area contributed by atoms with E-state index in [-0.39, 0.29) is 5.69 Å². The number of halogens is 1. The van der Waals surface area contributed by atoms with Crippen molar-refractivity contribution in [3.8, 4) is 0 Å². The Bertz CT molecular complexity index is 308. The molecule has 1 aromatic heterocycles. The Balaban J connectivity index is 2.84. The summed E-state index contributed by atoms with van der Waals surface area (Å²) < 4.78 is 0. The molecule has 0 aliphatic rings. The van der Waals surface area contributed by atoms with E-state index in [2.05, 4.69) is 4.98 Å². The molecule has 0 atom stereocenters. The van der Waals surface area contributed by atoms with E-state index < -0.39 is 4.92 Å². The van der Waals surface area contributed by atoms with E-state index >= 15 is 0 Å². The molecular weight excluding hydrogens is 212 g/mol. The molecule has 0 N–H and O–H groups in total. The van der Waals surface area contributed by atoms with E-state index in [0.29, 0.717) is 16.7 Å². The summed E-state index contributed by atoms with van der Waals surface area (Å²) in [6.45, 7) is 0. The van der Waals surface area contributed by atoms with Crippen LogP contribution in [0.1, 0.15) is 0 Å². The third kappa shape index (κ3) is 2.86. The van der Waals surface area contributed by atoms with E-state index in [9.17, 15) is 10.1 Å². The van der Waals surface area contributed by atoms with Crippen LogP contribution in [0.2, 0.25) is 0 Å². The Hall–Kier alpha value is -0.810. The van der Waals surface area contributed by atoms with Crippen LogP contribution < -0.4 is 0 Å². The number of rotatable bonds is 4. The van der Waals surface area contributed by atoms with Crippen LogP contribution in [0.25, 0.3) is 0 Å². The molecule has 0 amide bonds. The first-order valence-corrected chi connectivity index (χ1v) is 5.06. The maximum atomic E-state index is 10.5. The normalized spacial score (nSPS) is 9.92. The largest absolute Gasteiger partial charge is 0.301 e. The highest BCUT2D eigenvalue weighted by Crippen LogP contribution is 2.25. The van der Waals surface area contributed by atoms with Gasteiger partial charge in [0.25, 0.3) is 0 Å². The van der Waals surface area contributed by atoms with Crippen molar-refractivity contribution in [1.29, 1.82) is 0 Å². The lowest BCUT2D eigenvalue weighted by atomic mass is 10.4. The Morgan fingerprint density at radius 1 is 1.69 bits per heavy atom. The molecule has 0 aliphatic heterocycles. The van der Waals surface area contributed by atoms with Crippen LogP contribution in [0.15, 0.2) is 23.4 Å². The van der Waals surface area contributed by atoms with Crippen LogP contribution in [0.3, 0.4) is 0 Å². The third-order valence-corrected chi connectivity index (χ3v) is 2.67. The van der Waals surface area contributed by atoms with Crippen molar-refractivity contribution >= 4 is 29.1 Å². The Morgan fingerprint density at radius 3 is 3.08 bits per heavy atom. The highest BCUT2D eigenvalue weighted by Gasteiger charge is 2.13. The van der Waals surface area contributed by atoms with Crippen LogP contribution in [-0.2, 0) is 0 Å². The number of pyridine rings is 1. The van der Waals surface area contributed by atoms with Gasteiger partial charge in [-0.25, -0.2) is 4.98 Å². The molecule has 0 radical (unpaired) electrons. The van der Waals surface area contributed by atoms with Gasteiger partial charge in [0.1, 0.15) is 0 Å². The minimum Gasteiger partial charge on any atom is -0.258 e. The van der Waals surface area contributed by atoms with Crippen molar-refractivity contribution in [2.75, 3.05) is 11.6 Å². The van der Waals surface area contributed by atoms with E-state index in [0.717, 1.165) is 0 Å². The van der Waals surface area contributed by atoms with E-state index in [1.54, 1.807) is 6.07 Å². The zero-order valence-electron chi connectivity index (χ0n) is 6.64. The van der Waals surface area contributed by atoms with Gasteiger partial charge in [-0.1, -0.05) is 11.8 Å². The van der Waals surface area contributed by atoms with Crippen molar-refractivity contribution in [1.82, 2.24) is 4.98 Å². The van der Waals surface area contributed by atoms with Crippen LogP contribution in [0.4, 0.5) is 5.69 Å². The zero-order chi connectivity index (χ0) is 9.68. The minimum absolute atomic E-state index is 0.0395. The fourth-order valence-electron chi connectivity index (χ4n) is 0.768. The fourth-order valence-corrected chi connectivity index (χ4v) is 1.70. The predicted octanol–water partition coefficient (Wildman–Crippen LogP) is 2.32. The summed E-state index contributed by atoms with van der Waals surface area (Å²) in [4.78, 5) is 14.0. The monoisotopic (exact) mass is 218 g/mol. The number of alkyl halides is 1. The SMILES string of the molecule is O=[N+]([O-])c1cccnc1SCCCl. The lowest BCUT2D eigenvalue weighted by Crippen LogP contribution is -1.93. The van der Waals surface area contributed by atoms with Crippen LogP contribution in [0.5, 0.6) is 0 Å². The number of hydrogen-bond acceptors (Lipinski definition) is 4. The standard InChI is InChI=1S/C7H7ClN2O2S/c8-3-5-13-7-6(10(11)12)2-1-4-9-7/h1-2,4H,3,5H2. The lowest BCUT2D eigenvalue weighted by Gasteiger charge is -1.98. The number of hydrogen-bond donors (Lipinski definition) is 0. The molecule has 13 heavy (non-hydrogen) atoms. The Morgan fingerprint density at radius 2 is 2.46 bits per heavy atom. The fraction of sp³-hybridized carbons (Fsp3) is 0.286. The molecule has 0 aromatic carbocycles. The van der Waals surface area contributed by atoms with Crippen molar-refractivity contribution in [2.24, 2.45) is 0 Å². The Kier molecular flexibility index (Phi) is 3.98. The maximum Gasteiger partial charge on any atom is 0.301 e. The molecule has 0 fully saturated rings. The second-order valence-electron chi connectivity index (χ2n) is 2.12. The lowest BCUT2D eigenvalue weighted by molar-refractivity contribution is -0.388. The molecule has 0 bridgehead atoms. The van der Waals surface area contributed by atoms with Gasteiger partial charge in [-0.05, 0) is 6.07 Å². The quantitative estimate of drug-likeness (QED) is 0.337. The smallest absolute Gasteiger partial charge is 0.258 e. The summed E-state index contributed by atoms with van der Waals surface area (Å²) in [7, 11) is 0. The second kappa shape index (κ2) is 5.04. The average molecular weight is 219 g/mol. The molecule has 1 rings (SSSR count).